The lowest BCUT2D eigenvalue weighted by Gasteiger charge is -2.34. The van der Waals surface area contributed by atoms with Crippen molar-refractivity contribution in [1.29, 1.82) is 0 Å². The lowest BCUT2D eigenvalue weighted by Crippen LogP contribution is -2.51. The van der Waals surface area contributed by atoms with E-state index in [1.165, 1.54) is 4.90 Å². The molecule has 0 atom stereocenters. The summed E-state index contributed by atoms with van der Waals surface area (Å²) in [6, 6.07) is 0.845. The Morgan fingerprint density at radius 2 is 1.79 bits per heavy atom. The molecule has 0 aliphatic carbocycles. The van der Waals surface area contributed by atoms with Gasteiger partial charge in [-0.25, -0.2) is 0 Å². The van der Waals surface area contributed by atoms with Crippen molar-refractivity contribution < 1.29 is 22.8 Å². The van der Waals surface area contributed by atoms with Gasteiger partial charge in [0.2, 0.25) is 11.8 Å². The molecule has 0 bridgehead atoms. The average Bonchev–Trinajstić information content (AvgIpc) is 2.96. The maximum absolute atomic E-state index is 12.5. The number of amides is 2. The number of halogens is 3. The summed E-state index contributed by atoms with van der Waals surface area (Å²) < 4.78 is 38.5. The van der Waals surface area contributed by atoms with E-state index in [2.05, 4.69) is 5.10 Å². The van der Waals surface area contributed by atoms with E-state index in [0.717, 1.165) is 16.9 Å². The van der Waals surface area contributed by atoms with Gasteiger partial charge >= 0.3 is 6.18 Å². The number of alkyl halides is 3. The van der Waals surface area contributed by atoms with Gasteiger partial charge in [-0.1, -0.05) is 0 Å². The van der Waals surface area contributed by atoms with Crippen LogP contribution < -0.4 is 0 Å². The van der Waals surface area contributed by atoms with Crippen LogP contribution in [0.4, 0.5) is 13.2 Å². The van der Waals surface area contributed by atoms with E-state index in [1.807, 2.05) is 4.90 Å². The van der Waals surface area contributed by atoms with Gasteiger partial charge in [0.15, 0.2) is 5.69 Å². The molecule has 7 nitrogen and oxygen atoms in total. The first-order chi connectivity index (χ1) is 11.2. The van der Waals surface area contributed by atoms with Gasteiger partial charge in [-0.05, 0) is 6.07 Å². The first kappa shape index (κ1) is 18.2. The number of hydrogen-bond acceptors (Lipinski definition) is 4. The van der Waals surface area contributed by atoms with Crippen molar-refractivity contribution in [2.75, 3.05) is 46.8 Å². The maximum Gasteiger partial charge on any atom is 0.435 e. The van der Waals surface area contributed by atoms with E-state index in [9.17, 15) is 22.8 Å². The predicted molar refractivity (Wildman–Crippen MR) is 78.9 cm³/mol. The van der Waals surface area contributed by atoms with Gasteiger partial charge in [0.05, 0.1) is 6.54 Å². The van der Waals surface area contributed by atoms with Crippen molar-refractivity contribution in [1.82, 2.24) is 24.5 Å². The zero-order valence-electron chi connectivity index (χ0n) is 13.6. The number of nitrogens with zero attached hydrogens (tertiary/aromatic N) is 5. The zero-order chi connectivity index (χ0) is 17.9. The Kier molecular flexibility index (Phi) is 5.47. The summed E-state index contributed by atoms with van der Waals surface area (Å²) in [5, 5.41) is 3.37. The molecule has 134 valence electrons. The van der Waals surface area contributed by atoms with Crippen LogP contribution in [0, 0.1) is 0 Å². The summed E-state index contributed by atoms with van der Waals surface area (Å²) in [5.41, 5.74) is -1.01. The molecule has 0 spiro atoms. The van der Waals surface area contributed by atoms with Crippen LogP contribution in [0.3, 0.4) is 0 Å². The lowest BCUT2D eigenvalue weighted by atomic mass is 10.3. The molecule has 0 saturated carbocycles. The third-order valence-electron chi connectivity index (χ3n) is 3.81. The SMILES string of the molecule is CN(C)C(=O)CN1CCN(C(=O)Cn2ccc(C(F)(F)F)n2)CC1. The summed E-state index contributed by atoms with van der Waals surface area (Å²) in [7, 11) is 3.36. The summed E-state index contributed by atoms with van der Waals surface area (Å²) in [4.78, 5) is 28.8. The van der Waals surface area contributed by atoms with Crippen LogP contribution in [-0.4, -0.2) is 83.1 Å². The van der Waals surface area contributed by atoms with Gasteiger partial charge in [0.1, 0.15) is 6.54 Å². The predicted octanol–water partition coefficient (Wildman–Crippen LogP) is 0.134. The maximum atomic E-state index is 12.5. The topological polar surface area (TPSA) is 61.7 Å². The monoisotopic (exact) mass is 347 g/mol. The molecular weight excluding hydrogens is 327 g/mol. The molecule has 2 heterocycles. The van der Waals surface area contributed by atoms with Gasteiger partial charge in [0, 0.05) is 46.5 Å². The van der Waals surface area contributed by atoms with Crippen molar-refractivity contribution in [2.24, 2.45) is 0 Å². The third-order valence-corrected chi connectivity index (χ3v) is 3.81. The van der Waals surface area contributed by atoms with Crippen molar-refractivity contribution >= 4 is 11.8 Å². The van der Waals surface area contributed by atoms with Crippen LogP contribution in [0.1, 0.15) is 5.69 Å². The number of rotatable bonds is 4. The highest BCUT2D eigenvalue weighted by molar-refractivity contribution is 5.78. The summed E-state index contributed by atoms with van der Waals surface area (Å²) in [6.07, 6.45) is -3.37. The van der Waals surface area contributed by atoms with Crippen molar-refractivity contribution in [3.63, 3.8) is 0 Å². The molecule has 1 aromatic heterocycles. The van der Waals surface area contributed by atoms with Crippen LogP contribution in [0.2, 0.25) is 0 Å². The Bertz CT molecular complexity index is 591. The van der Waals surface area contributed by atoms with E-state index >= 15 is 0 Å². The van der Waals surface area contributed by atoms with Crippen LogP contribution in [0.15, 0.2) is 12.3 Å². The molecule has 0 aromatic carbocycles. The van der Waals surface area contributed by atoms with Crippen LogP contribution in [0.5, 0.6) is 0 Å². The van der Waals surface area contributed by atoms with Gasteiger partial charge in [-0.3, -0.25) is 19.2 Å². The average molecular weight is 347 g/mol. The van der Waals surface area contributed by atoms with Gasteiger partial charge in [-0.15, -0.1) is 0 Å². The van der Waals surface area contributed by atoms with E-state index in [-0.39, 0.29) is 18.4 Å². The molecule has 0 radical (unpaired) electrons. The largest absolute Gasteiger partial charge is 0.435 e. The fourth-order valence-electron chi connectivity index (χ4n) is 2.33. The molecule has 2 rings (SSSR count). The van der Waals surface area contributed by atoms with Gasteiger partial charge in [-0.2, -0.15) is 18.3 Å². The molecule has 1 aromatic rings. The molecule has 1 saturated heterocycles. The molecule has 1 fully saturated rings. The van der Waals surface area contributed by atoms with Gasteiger partial charge < -0.3 is 9.80 Å². The van der Waals surface area contributed by atoms with Crippen molar-refractivity contribution in [3.05, 3.63) is 18.0 Å². The standard InChI is InChI=1S/C14H20F3N5O2/c1-19(2)12(23)9-20-5-7-21(8-6-20)13(24)10-22-4-3-11(18-22)14(15,16)17/h3-4H,5-10H2,1-2H3. The molecule has 0 unspecified atom stereocenters. The molecule has 0 N–H and O–H groups in total. The highest BCUT2D eigenvalue weighted by atomic mass is 19.4. The smallest absolute Gasteiger partial charge is 0.348 e. The molecule has 1 aliphatic rings. The minimum atomic E-state index is -4.51. The highest BCUT2D eigenvalue weighted by Gasteiger charge is 2.33. The Hall–Kier alpha value is -2.10. The van der Waals surface area contributed by atoms with E-state index in [1.54, 1.807) is 19.0 Å². The summed E-state index contributed by atoms with van der Waals surface area (Å²) >= 11 is 0. The van der Waals surface area contributed by atoms with E-state index < -0.39 is 11.9 Å². The number of piperazine rings is 1. The number of aromatic nitrogens is 2. The minimum Gasteiger partial charge on any atom is -0.348 e. The van der Waals surface area contributed by atoms with Gasteiger partial charge in [0.25, 0.3) is 0 Å². The number of likely N-dealkylation sites (N-methyl/N-ethyl adjacent to an activating group) is 1. The molecule has 1 aliphatic heterocycles. The number of carbonyl (C=O) groups excluding carboxylic acids is 2. The Labute approximate surface area is 137 Å². The molecule has 10 heteroatoms. The highest BCUT2D eigenvalue weighted by Crippen LogP contribution is 2.27. The van der Waals surface area contributed by atoms with E-state index in [4.69, 9.17) is 0 Å². The summed E-state index contributed by atoms with van der Waals surface area (Å²) in [6.45, 7) is 2.05. The van der Waals surface area contributed by atoms with Crippen LogP contribution in [0.25, 0.3) is 0 Å². The Morgan fingerprint density at radius 1 is 1.17 bits per heavy atom. The van der Waals surface area contributed by atoms with Crippen molar-refractivity contribution in [3.8, 4) is 0 Å². The fraction of sp³-hybridized carbons (Fsp3) is 0.643. The summed E-state index contributed by atoms with van der Waals surface area (Å²) in [5.74, 6) is -0.295. The first-order valence-electron chi connectivity index (χ1n) is 7.48. The quantitative estimate of drug-likeness (QED) is 0.777. The minimum absolute atomic E-state index is 0.00834. The zero-order valence-corrected chi connectivity index (χ0v) is 13.6. The second-order valence-electron chi connectivity index (χ2n) is 5.84. The first-order valence-corrected chi connectivity index (χ1v) is 7.48. The molecule has 24 heavy (non-hydrogen) atoms. The van der Waals surface area contributed by atoms with Crippen LogP contribution in [-0.2, 0) is 22.3 Å². The fourth-order valence-corrected chi connectivity index (χ4v) is 2.33. The second kappa shape index (κ2) is 7.20. The normalized spacial score (nSPS) is 16.3. The molecule has 2 amide bonds. The second-order valence-corrected chi connectivity index (χ2v) is 5.84. The Morgan fingerprint density at radius 3 is 2.29 bits per heavy atom. The Balaban J connectivity index is 1.83. The van der Waals surface area contributed by atoms with Crippen molar-refractivity contribution in [2.45, 2.75) is 12.7 Å². The molecular formula is C14H20F3N5O2. The lowest BCUT2D eigenvalue weighted by molar-refractivity contribution is -0.142. The van der Waals surface area contributed by atoms with Crippen LogP contribution >= 0.6 is 0 Å². The van der Waals surface area contributed by atoms with E-state index in [0.29, 0.717) is 32.7 Å². The number of hydrogen-bond donors (Lipinski definition) is 0. The third kappa shape index (κ3) is 4.70. The number of carbonyl (C=O) groups is 2.